The zero-order valence-corrected chi connectivity index (χ0v) is 14.6. The standard InChI is InChI=1S/C19H23ClOSi/c20-16-22-21-15-19(13-11-17-7-3-1-4-8-17)14-12-18-9-5-2-6-10-18/h1-10,19H,11-16H2. The summed E-state index contributed by atoms with van der Waals surface area (Å²) in [6.45, 7) is 0.824. The normalized spacial score (nSPS) is 11.0. The minimum absolute atomic E-state index is 0.415. The third-order valence-electron chi connectivity index (χ3n) is 3.84. The van der Waals surface area contributed by atoms with Crippen LogP contribution in [0.4, 0.5) is 0 Å². The lowest BCUT2D eigenvalue weighted by atomic mass is 9.94. The summed E-state index contributed by atoms with van der Waals surface area (Å²) in [6.07, 6.45) is 4.58. The van der Waals surface area contributed by atoms with E-state index in [9.17, 15) is 0 Å². The monoisotopic (exact) mass is 330 g/mol. The van der Waals surface area contributed by atoms with E-state index in [2.05, 4.69) is 60.7 Å². The van der Waals surface area contributed by atoms with Crippen LogP contribution in [0.5, 0.6) is 0 Å². The van der Waals surface area contributed by atoms with Crippen molar-refractivity contribution in [3.05, 3.63) is 71.8 Å². The van der Waals surface area contributed by atoms with Crippen molar-refractivity contribution in [3.63, 3.8) is 0 Å². The predicted octanol–water partition coefficient (Wildman–Crippen LogP) is 4.70. The Morgan fingerprint density at radius 3 is 1.77 bits per heavy atom. The van der Waals surface area contributed by atoms with Gasteiger partial charge in [0.1, 0.15) is 0 Å². The zero-order valence-electron chi connectivity index (χ0n) is 12.9. The van der Waals surface area contributed by atoms with Crippen LogP contribution in [0.2, 0.25) is 0 Å². The molecule has 22 heavy (non-hydrogen) atoms. The molecule has 0 heterocycles. The van der Waals surface area contributed by atoms with Crippen molar-refractivity contribution in [1.29, 1.82) is 0 Å². The highest BCUT2D eigenvalue weighted by Gasteiger charge is 2.10. The predicted molar refractivity (Wildman–Crippen MR) is 95.4 cm³/mol. The summed E-state index contributed by atoms with van der Waals surface area (Å²) in [5.41, 5.74) is 3.42. The first-order valence-corrected chi connectivity index (χ1v) is 9.52. The summed E-state index contributed by atoms with van der Waals surface area (Å²) in [6, 6.07) is 21.4. The molecule has 2 rings (SSSR count). The van der Waals surface area contributed by atoms with Gasteiger partial charge in [0.15, 0.2) is 0 Å². The number of alkyl halides is 1. The van der Waals surface area contributed by atoms with E-state index >= 15 is 0 Å². The quantitative estimate of drug-likeness (QED) is 0.348. The lowest BCUT2D eigenvalue weighted by Crippen LogP contribution is -2.15. The lowest BCUT2D eigenvalue weighted by molar-refractivity contribution is 0.243. The van der Waals surface area contributed by atoms with Crippen molar-refractivity contribution in [2.45, 2.75) is 25.7 Å². The Morgan fingerprint density at radius 2 is 1.32 bits per heavy atom. The largest absolute Gasteiger partial charge is 0.416 e. The second-order valence-corrected chi connectivity index (χ2v) is 7.15. The van der Waals surface area contributed by atoms with Crippen LogP contribution in [0.15, 0.2) is 60.7 Å². The van der Waals surface area contributed by atoms with Crippen LogP contribution in [0.3, 0.4) is 0 Å². The van der Waals surface area contributed by atoms with Crippen molar-refractivity contribution >= 4 is 21.4 Å². The van der Waals surface area contributed by atoms with E-state index in [1.807, 2.05) is 0 Å². The highest BCUT2D eigenvalue weighted by Crippen LogP contribution is 2.17. The Hall–Kier alpha value is -1.09. The maximum Gasteiger partial charge on any atom is 0.245 e. The third-order valence-corrected chi connectivity index (χ3v) is 4.65. The van der Waals surface area contributed by atoms with Gasteiger partial charge in [0.25, 0.3) is 0 Å². The van der Waals surface area contributed by atoms with E-state index < -0.39 is 0 Å². The fraction of sp³-hybridized carbons (Fsp3) is 0.368. The van der Waals surface area contributed by atoms with Gasteiger partial charge in [-0.25, -0.2) is 0 Å². The first-order valence-electron chi connectivity index (χ1n) is 7.87. The van der Waals surface area contributed by atoms with Crippen molar-refractivity contribution < 1.29 is 4.43 Å². The minimum atomic E-state index is 0.415. The highest BCUT2D eigenvalue weighted by atomic mass is 35.5. The van der Waals surface area contributed by atoms with Crippen LogP contribution in [0, 0.1) is 5.92 Å². The van der Waals surface area contributed by atoms with Gasteiger partial charge >= 0.3 is 0 Å². The third kappa shape index (κ3) is 6.78. The first-order chi connectivity index (χ1) is 10.9. The van der Waals surface area contributed by atoms with Crippen LogP contribution in [-0.4, -0.2) is 21.9 Å². The van der Waals surface area contributed by atoms with Gasteiger partial charge in [-0.2, -0.15) is 0 Å². The van der Waals surface area contributed by atoms with Crippen molar-refractivity contribution in [1.82, 2.24) is 0 Å². The van der Waals surface area contributed by atoms with E-state index in [1.165, 1.54) is 24.0 Å². The first kappa shape index (κ1) is 17.3. The second-order valence-electron chi connectivity index (χ2n) is 5.50. The molecule has 1 nitrogen and oxygen atoms in total. The van der Waals surface area contributed by atoms with E-state index in [0.717, 1.165) is 19.4 Å². The van der Waals surface area contributed by atoms with Gasteiger partial charge in [-0.1, -0.05) is 60.7 Å². The molecule has 0 unspecified atom stereocenters. The Balaban J connectivity index is 1.82. The van der Waals surface area contributed by atoms with Crippen LogP contribution in [-0.2, 0) is 17.3 Å². The number of hydrogen-bond donors (Lipinski definition) is 0. The molecule has 0 aliphatic heterocycles. The Bertz CT molecular complexity index is 460. The summed E-state index contributed by atoms with van der Waals surface area (Å²) >= 11 is 5.72. The van der Waals surface area contributed by atoms with Crippen LogP contribution >= 0.6 is 11.6 Å². The summed E-state index contributed by atoms with van der Waals surface area (Å²) in [5.74, 6) is 0.594. The molecule has 2 aromatic carbocycles. The van der Waals surface area contributed by atoms with Crippen molar-refractivity contribution in [3.8, 4) is 0 Å². The maximum atomic E-state index is 5.72. The van der Waals surface area contributed by atoms with Gasteiger partial charge in [0.2, 0.25) is 9.76 Å². The number of hydrogen-bond acceptors (Lipinski definition) is 1. The van der Waals surface area contributed by atoms with E-state index in [4.69, 9.17) is 16.0 Å². The molecule has 0 aliphatic carbocycles. The molecule has 2 aromatic rings. The molecule has 0 amide bonds. The van der Waals surface area contributed by atoms with Crippen LogP contribution in [0.25, 0.3) is 0 Å². The van der Waals surface area contributed by atoms with E-state index in [0.29, 0.717) is 21.2 Å². The lowest BCUT2D eigenvalue weighted by Gasteiger charge is -2.17. The highest BCUT2D eigenvalue weighted by molar-refractivity contribution is 6.45. The average Bonchev–Trinajstić information content (AvgIpc) is 2.59. The van der Waals surface area contributed by atoms with Crippen molar-refractivity contribution in [2.75, 3.05) is 12.1 Å². The number of benzene rings is 2. The molecule has 116 valence electrons. The molecule has 0 saturated carbocycles. The SMILES string of the molecule is ClC[Si]OCC(CCc1ccccc1)CCc1ccccc1. The minimum Gasteiger partial charge on any atom is -0.416 e. The maximum absolute atomic E-state index is 5.72. The topological polar surface area (TPSA) is 9.23 Å². The molecule has 0 aromatic heterocycles. The molecule has 0 atom stereocenters. The van der Waals surface area contributed by atoms with Crippen LogP contribution < -0.4 is 0 Å². The molecule has 0 saturated heterocycles. The van der Waals surface area contributed by atoms with Gasteiger partial charge in [-0.3, -0.25) is 0 Å². The molecule has 2 radical (unpaired) electrons. The second kappa shape index (κ2) is 10.6. The fourth-order valence-corrected chi connectivity index (χ4v) is 3.22. The van der Waals surface area contributed by atoms with Gasteiger partial charge in [0.05, 0.1) is 0 Å². The Kier molecular flexibility index (Phi) is 8.32. The van der Waals surface area contributed by atoms with Crippen molar-refractivity contribution in [2.24, 2.45) is 5.92 Å². The molecule has 3 heteroatoms. The number of rotatable bonds is 10. The van der Waals surface area contributed by atoms with Gasteiger partial charge < -0.3 is 4.43 Å². The smallest absolute Gasteiger partial charge is 0.245 e. The zero-order chi connectivity index (χ0) is 15.5. The van der Waals surface area contributed by atoms with Gasteiger partial charge in [-0.05, 0) is 42.7 Å². The number of aryl methyl sites for hydroxylation is 2. The van der Waals surface area contributed by atoms with Gasteiger partial charge in [0, 0.05) is 12.1 Å². The average molecular weight is 331 g/mol. The van der Waals surface area contributed by atoms with Crippen LogP contribution in [0.1, 0.15) is 24.0 Å². The Morgan fingerprint density at radius 1 is 0.818 bits per heavy atom. The molecular formula is C19H23ClOSi. The summed E-state index contributed by atoms with van der Waals surface area (Å²) in [5, 5.41) is 0. The molecule has 0 N–H and O–H groups in total. The summed E-state index contributed by atoms with van der Waals surface area (Å²) < 4.78 is 5.72. The molecule has 0 fully saturated rings. The molecule has 0 spiro atoms. The van der Waals surface area contributed by atoms with E-state index in [1.54, 1.807) is 0 Å². The van der Waals surface area contributed by atoms with Gasteiger partial charge in [-0.15, -0.1) is 11.6 Å². The summed E-state index contributed by atoms with van der Waals surface area (Å²) in [4.78, 5) is 0. The fourth-order valence-electron chi connectivity index (χ4n) is 2.56. The van der Waals surface area contributed by atoms with E-state index in [-0.39, 0.29) is 0 Å². The Labute approximate surface area is 141 Å². The molecule has 0 bridgehead atoms. The molecule has 0 aliphatic rings. The molecular weight excluding hydrogens is 308 g/mol. The number of halogens is 1. The summed E-state index contributed by atoms with van der Waals surface area (Å²) in [7, 11) is 0.415.